The predicted molar refractivity (Wildman–Crippen MR) is 76.5 cm³/mol. The van der Waals surface area contributed by atoms with Crippen molar-refractivity contribution in [3.05, 3.63) is 24.0 Å². The molecule has 0 radical (unpaired) electrons. The summed E-state index contributed by atoms with van der Waals surface area (Å²) in [7, 11) is 0. The number of pyridine rings is 1. The molecule has 104 valence electrons. The molecule has 0 aromatic carbocycles. The molecule has 5 nitrogen and oxygen atoms in total. The fraction of sp³-hybridized carbons (Fsp3) is 0.571. The summed E-state index contributed by atoms with van der Waals surface area (Å²) in [6, 6.07) is 1.79. The SMILES string of the molecule is CC(C)(C)C1CCN(c2cnccc2/C(N)=N/O)C1. The molecule has 2 rings (SSSR count). The Kier molecular flexibility index (Phi) is 3.64. The van der Waals surface area contributed by atoms with E-state index < -0.39 is 0 Å². The maximum Gasteiger partial charge on any atom is 0.172 e. The Bertz CT molecular complexity index is 479. The fourth-order valence-corrected chi connectivity index (χ4v) is 2.59. The summed E-state index contributed by atoms with van der Waals surface area (Å²) in [5.41, 5.74) is 7.72. The quantitative estimate of drug-likeness (QED) is 0.370. The van der Waals surface area contributed by atoms with Gasteiger partial charge in [0.25, 0.3) is 0 Å². The van der Waals surface area contributed by atoms with E-state index in [1.54, 1.807) is 18.5 Å². The lowest BCUT2D eigenvalue weighted by atomic mass is 9.80. The number of nitrogens with zero attached hydrogens (tertiary/aromatic N) is 3. The third-order valence-corrected chi connectivity index (χ3v) is 3.94. The van der Waals surface area contributed by atoms with Gasteiger partial charge in [0.05, 0.1) is 11.9 Å². The summed E-state index contributed by atoms with van der Waals surface area (Å²) in [6.07, 6.45) is 4.61. The predicted octanol–water partition coefficient (Wildman–Crippen LogP) is 2.05. The van der Waals surface area contributed by atoms with Gasteiger partial charge in [0.1, 0.15) is 0 Å². The average molecular weight is 262 g/mol. The van der Waals surface area contributed by atoms with E-state index in [-0.39, 0.29) is 5.84 Å². The van der Waals surface area contributed by atoms with E-state index in [9.17, 15) is 0 Å². The first-order valence-corrected chi connectivity index (χ1v) is 6.60. The highest BCUT2D eigenvalue weighted by atomic mass is 16.4. The van der Waals surface area contributed by atoms with Gasteiger partial charge in [0.15, 0.2) is 5.84 Å². The Hall–Kier alpha value is -1.78. The van der Waals surface area contributed by atoms with Crippen LogP contribution in [0, 0.1) is 11.3 Å². The number of oxime groups is 1. The van der Waals surface area contributed by atoms with Gasteiger partial charge in [0, 0.05) is 24.8 Å². The summed E-state index contributed by atoms with van der Waals surface area (Å²) in [5.74, 6) is 0.782. The van der Waals surface area contributed by atoms with E-state index >= 15 is 0 Å². The number of aromatic nitrogens is 1. The van der Waals surface area contributed by atoms with Gasteiger partial charge in [-0.05, 0) is 23.8 Å². The van der Waals surface area contributed by atoms with Crippen molar-refractivity contribution in [2.75, 3.05) is 18.0 Å². The van der Waals surface area contributed by atoms with Crippen LogP contribution < -0.4 is 10.6 Å². The van der Waals surface area contributed by atoms with Crippen molar-refractivity contribution >= 4 is 11.5 Å². The van der Waals surface area contributed by atoms with Gasteiger partial charge >= 0.3 is 0 Å². The van der Waals surface area contributed by atoms with Crippen LogP contribution in [0.3, 0.4) is 0 Å². The molecule has 0 amide bonds. The molecule has 5 heteroatoms. The van der Waals surface area contributed by atoms with Gasteiger partial charge in [-0.15, -0.1) is 0 Å². The molecule has 0 aliphatic carbocycles. The van der Waals surface area contributed by atoms with E-state index in [1.165, 1.54) is 0 Å². The molecule has 1 aliphatic rings. The maximum absolute atomic E-state index is 8.86. The van der Waals surface area contributed by atoms with E-state index in [4.69, 9.17) is 10.9 Å². The van der Waals surface area contributed by atoms with Crippen LogP contribution in [0.25, 0.3) is 0 Å². The lowest BCUT2D eigenvalue weighted by Crippen LogP contribution is -2.28. The molecule has 19 heavy (non-hydrogen) atoms. The van der Waals surface area contributed by atoms with E-state index in [2.05, 4.69) is 35.8 Å². The molecular formula is C14H22N4O. The minimum absolute atomic E-state index is 0.136. The van der Waals surface area contributed by atoms with E-state index in [0.29, 0.717) is 11.3 Å². The van der Waals surface area contributed by atoms with Crippen molar-refractivity contribution in [2.45, 2.75) is 27.2 Å². The van der Waals surface area contributed by atoms with Gasteiger partial charge < -0.3 is 15.8 Å². The fourth-order valence-electron chi connectivity index (χ4n) is 2.59. The highest BCUT2D eigenvalue weighted by Gasteiger charge is 2.32. The van der Waals surface area contributed by atoms with Gasteiger partial charge in [-0.25, -0.2) is 0 Å². The first-order valence-electron chi connectivity index (χ1n) is 6.60. The Labute approximate surface area is 114 Å². The van der Waals surface area contributed by atoms with Gasteiger partial charge in [-0.3, -0.25) is 4.98 Å². The molecule has 1 atom stereocenters. The lowest BCUT2D eigenvalue weighted by Gasteiger charge is -2.28. The van der Waals surface area contributed by atoms with Gasteiger partial charge in [0.2, 0.25) is 0 Å². The summed E-state index contributed by atoms with van der Waals surface area (Å²) in [5, 5.41) is 12.0. The monoisotopic (exact) mass is 262 g/mol. The number of amidine groups is 1. The average Bonchev–Trinajstić information content (AvgIpc) is 2.87. The van der Waals surface area contributed by atoms with Crippen LogP contribution in [0.4, 0.5) is 5.69 Å². The zero-order chi connectivity index (χ0) is 14.0. The zero-order valence-electron chi connectivity index (χ0n) is 11.8. The standard InChI is InChI=1S/C14H22N4O/c1-14(2,3)10-5-7-18(9-10)12-8-16-6-4-11(12)13(15)17-19/h4,6,8,10,19H,5,7,9H2,1-3H3,(H2,15,17). The van der Waals surface area contributed by atoms with Crippen LogP contribution >= 0.6 is 0 Å². The van der Waals surface area contributed by atoms with Crippen LogP contribution in [-0.4, -0.2) is 29.1 Å². The highest BCUT2D eigenvalue weighted by Crippen LogP contribution is 2.36. The minimum Gasteiger partial charge on any atom is -0.409 e. The molecule has 1 saturated heterocycles. The van der Waals surface area contributed by atoms with Crippen molar-refractivity contribution in [1.29, 1.82) is 0 Å². The van der Waals surface area contributed by atoms with Crippen LogP contribution in [0.2, 0.25) is 0 Å². The molecule has 1 aromatic heterocycles. The Morgan fingerprint density at radius 1 is 1.53 bits per heavy atom. The van der Waals surface area contributed by atoms with E-state index in [1.807, 2.05) is 0 Å². The normalized spacial score (nSPS) is 20.9. The van der Waals surface area contributed by atoms with Crippen LogP contribution in [0.15, 0.2) is 23.6 Å². The molecule has 1 fully saturated rings. The Balaban J connectivity index is 2.25. The molecule has 1 unspecified atom stereocenters. The molecule has 1 aliphatic heterocycles. The van der Waals surface area contributed by atoms with Crippen LogP contribution in [0.1, 0.15) is 32.8 Å². The van der Waals surface area contributed by atoms with E-state index in [0.717, 1.165) is 30.8 Å². The molecule has 3 N–H and O–H groups in total. The lowest BCUT2D eigenvalue weighted by molar-refractivity contribution is 0.263. The topological polar surface area (TPSA) is 74.7 Å². The van der Waals surface area contributed by atoms with Crippen molar-refractivity contribution in [1.82, 2.24) is 4.98 Å². The summed E-state index contributed by atoms with van der Waals surface area (Å²) in [4.78, 5) is 6.43. The van der Waals surface area contributed by atoms with Gasteiger partial charge in [-0.1, -0.05) is 25.9 Å². The smallest absolute Gasteiger partial charge is 0.172 e. The third-order valence-electron chi connectivity index (χ3n) is 3.94. The molecule has 0 spiro atoms. The van der Waals surface area contributed by atoms with Crippen molar-refractivity contribution in [3.63, 3.8) is 0 Å². The summed E-state index contributed by atoms with van der Waals surface area (Å²) >= 11 is 0. The first-order chi connectivity index (χ1) is 8.93. The number of hydrogen-bond donors (Lipinski definition) is 2. The Morgan fingerprint density at radius 2 is 2.26 bits per heavy atom. The number of rotatable bonds is 2. The van der Waals surface area contributed by atoms with Crippen molar-refractivity contribution < 1.29 is 5.21 Å². The number of hydrogen-bond acceptors (Lipinski definition) is 4. The third kappa shape index (κ3) is 2.80. The van der Waals surface area contributed by atoms with Gasteiger partial charge in [-0.2, -0.15) is 0 Å². The molecule has 0 saturated carbocycles. The van der Waals surface area contributed by atoms with Crippen molar-refractivity contribution in [2.24, 2.45) is 22.2 Å². The molecule has 1 aromatic rings. The second kappa shape index (κ2) is 5.07. The minimum atomic E-state index is 0.136. The molecule has 0 bridgehead atoms. The van der Waals surface area contributed by atoms with Crippen molar-refractivity contribution in [3.8, 4) is 0 Å². The summed E-state index contributed by atoms with van der Waals surface area (Å²) < 4.78 is 0. The molecule has 2 heterocycles. The number of nitrogens with two attached hydrogens (primary N) is 1. The summed E-state index contributed by atoms with van der Waals surface area (Å²) in [6.45, 7) is 8.79. The largest absolute Gasteiger partial charge is 0.409 e. The molecular weight excluding hydrogens is 240 g/mol. The first kappa shape index (κ1) is 13.6. The number of anilines is 1. The zero-order valence-corrected chi connectivity index (χ0v) is 11.8. The second-order valence-electron chi connectivity index (χ2n) is 6.18. The van der Waals surface area contributed by atoms with Crippen LogP contribution in [-0.2, 0) is 0 Å². The Morgan fingerprint density at radius 3 is 2.84 bits per heavy atom. The highest BCUT2D eigenvalue weighted by molar-refractivity contribution is 6.02. The maximum atomic E-state index is 8.86. The second-order valence-corrected chi connectivity index (χ2v) is 6.18. The van der Waals surface area contributed by atoms with Crippen LogP contribution in [0.5, 0.6) is 0 Å².